The Labute approximate surface area is 79.3 Å². The van der Waals surface area contributed by atoms with Crippen molar-refractivity contribution in [2.24, 2.45) is 5.73 Å². The van der Waals surface area contributed by atoms with Crippen LogP contribution in [0.15, 0.2) is 0 Å². The summed E-state index contributed by atoms with van der Waals surface area (Å²) in [5.41, 5.74) is 5.41. The highest BCUT2D eigenvalue weighted by Crippen LogP contribution is 1.98. The summed E-state index contributed by atoms with van der Waals surface area (Å²) in [7, 11) is 3.25. The van der Waals surface area contributed by atoms with E-state index in [1.54, 1.807) is 19.1 Å². The van der Waals surface area contributed by atoms with Crippen molar-refractivity contribution < 1.29 is 9.47 Å². The van der Waals surface area contributed by atoms with Gasteiger partial charge >= 0.3 is 0 Å². The molecule has 0 radical (unpaired) electrons. The Morgan fingerprint density at radius 3 is 2.46 bits per heavy atom. The summed E-state index contributed by atoms with van der Waals surface area (Å²) in [5.74, 6) is 0.0570. The first-order valence-electron chi connectivity index (χ1n) is 4.22. The van der Waals surface area contributed by atoms with E-state index in [0.717, 1.165) is 0 Å². The van der Waals surface area contributed by atoms with Crippen molar-refractivity contribution in [3.8, 4) is 0 Å². The van der Waals surface area contributed by atoms with E-state index >= 15 is 0 Å². The number of guanidine groups is 1. The number of nitrogens with two attached hydrogens (primary N) is 1. The van der Waals surface area contributed by atoms with Crippen LogP contribution in [0.4, 0.5) is 0 Å². The standard InChI is InChI=1S/C8H19N3O2/c1-7(6-13-3)11(8(9)10)4-5-12-2/h7H,4-6H2,1-3H3,(H3,9,10). The summed E-state index contributed by atoms with van der Waals surface area (Å²) in [6.07, 6.45) is 0. The Bertz CT molecular complexity index is 152. The second kappa shape index (κ2) is 6.68. The summed E-state index contributed by atoms with van der Waals surface area (Å²) in [5, 5.41) is 7.33. The van der Waals surface area contributed by atoms with Gasteiger partial charge in [-0.05, 0) is 6.92 Å². The van der Waals surface area contributed by atoms with Crippen molar-refractivity contribution in [3.63, 3.8) is 0 Å². The molecule has 5 heteroatoms. The first kappa shape index (κ1) is 12.2. The maximum atomic E-state index is 7.33. The molecule has 0 fully saturated rings. The zero-order chi connectivity index (χ0) is 10.3. The fourth-order valence-electron chi connectivity index (χ4n) is 1.10. The Balaban J connectivity index is 3.99. The minimum Gasteiger partial charge on any atom is -0.383 e. The molecule has 5 nitrogen and oxygen atoms in total. The first-order chi connectivity index (χ1) is 6.13. The number of nitrogens with zero attached hydrogens (tertiary/aromatic N) is 1. The molecule has 3 N–H and O–H groups in total. The van der Waals surface area contributed by atoms with Crippen LogP contribution in [0.1, 0.15) is 6.92 Å². The van der Waals surface area contributed by atoms with E-state index in [1.165, 1.54) is 0 Å². The molecule has 1 unspecified atom stereocenters. The second-order valence-corrected chi connectivity index (χ2v) is 2.88. The molecular formula is C8H19N3O2. The van der Waals surface area contributed by atoms with Crippen molar-refractivity contribution in [1.82, 2.24) is 4.90 Å². The Hall–Kier alpha value is -0.810. The topological polar surface area (TPSA) is 71.6 Å². The molecule has 0 aromatic heterocycles. The van der Waals surface area contributed by atoms with Gasteiger partial charge in [-0.2, -0.15) is 0 Å². The Morgan fingerprint density at radius 1 is 1.46 bits per heavy atom. The van der Waals surface area contributed by atoms with Crippen LogP contribution in [0.2, 0.25) is 0 Å². The fraction of sp³-hybridized carbons (Fsp3) is 0.875. The number of methoxy groups -OCH3 is 2. The molecule has 1 atom stereocenters. The maximum Gasteiger partial charge on any atom is 0.188 e. The second-order valence-electron chi connectivity index (χ2n) is 2.88. The summed E-state index contributed by atoms with van der Waals surface area (Å²) < 4.78 is 9.90. The lowest BCUT2D eigenvalue weighted by Crippen LogP contribution is -2.46. The zero-order valence-electron chi connectivity index (χ0n) is 8.54. The third-order valence-corrected chi connectivity index (χ3v) is 1.79. The predicted molar refractivity (Wildman–Crippen MR) is 51.8 cm³/mol. The van der Waals surface area contributed by atoms with Gasteiger partial charge in [-0.1, -0.05) is 0 Å². The third kappa shape index (κ3) is 4.69. The van der Waals surface area contributed by atoms with Crippen LogP contribution >= 0.6 is 0 Å². The molecule has 0 heterocycles. The maximum absolute atomic E-state index is 7.33. The van der Waals surface area contributed by atoms with Crippen molar-refractivity contribution >= 4 is 5.96 Å². The van der Waals surface area contributed by atoms with E-state index < -0.39 is 0 Å². The number of rotatable bonds is 6. The summed E-state index contributed by atoms with van der Waals surface area (Å²) >= 11 is 0. The first-order valence-corrected chi connectivity index (χ1v) is 4.22. The van der Waals surface area contributed by atoms with E-state index in [0.29, 0.717) is 19.8 Å². The van der Waals surface area contributed by atoms with Gasteiger partial charge in [0.05, 0.1) is 19.3 Å². The highest BCUT2D eigenvalue weighted by molar-refractivity contribution is 5.74. The molecule has 0 aromatic carbocycles. The molecule has 78 valence electrons. The highest BCUT2D eigenvalue weighted by atomic mass is 16.5. The van der Waals surface area contributed by atoms with Gasteiger partial charge in [0.1, 0.15) is 0 Å². The van der Waals surface area contributed by atoms with Gasteiger partial charge in [0.25, 0.3) is 0 Å². The van der Waals surface area contributed by atoms with Crippen LogP contribution in [0.3, 0.4) is 0 Å². The van der Waals surface area contributed by atoms with Crippen LogP contribution in [-0.2, 0) is 9.47 Å². The van der Waals surface area contributed by atoms with Gasteiger partial charge in [0, 0.05) is 20.8 Å². The highest BCUT2D eigenvalue weighted by Gasteiger charge is 2.13. The molecule has 0 aliphatic heterocycles. The molecule has 0 aliphatic rings. The normalized spacial score (nSPS) is 12.5. The minimum atomic E-state index is 0.0570. The monoisotopic (exact) mass is 189 g/mol. The molecule has 0 rings (SSSR count). The van der Waals surface area contributed by atoms with Crippen molar-refractivity contribution in [3.05, 3.63) is 0 Å². The number of hydrogen-bond donors (Lipinski definition) is 2. The fourth-order valence-corrected chi connectivity index (χ4v) is 1.10. The smallest absolute Gasteiger partial charge is 0.188 e. The number of nitrogens with one attached hydrogen (secondary N) is 1. The van der Waals surface area contributed by atoms with Gasteiger partial charge in [0.15, 0.2) is 5.96 Å². The van der Waals surface area contributed by atoms with Crippen molar-refractivity contribution in [2.45, 2.75) is 13.0 Å². The lowest BCUT2D eigenvalue weighted by Gasteiger charge is -2.28. The molecule has 0 bridgehead atoms. The van der Waals surface area contributed by atoms with Gasteiger partial charge in [-0.3, -0.25) is 5.41 Å². The Morgan fingerprint density at radius 2 is 2.08 bits per heavy atom. The molecule has 0 saturated heterocycles. The van der Waals surface area contributed by atoms with Crippen LogP contribution in [-0.4, -0.2) is 50.9 Å². The van der Waals surface area contributed by atoms with Crippen LogP contribution in [0.25, 0.3) is 0 Å². The zero-order valence-corrected chi connectivity index (χ0v) is 8.54. The lowest BCUT2D eigenvalue weighted by molar-refractivity contribution is 0.112. The summed E-state index contributed by atoms with van der Waals surface area (Å²) in [4.78, 5) is 1.74. The molecule has 0 saturated carbocycles. The number of hydrogen-bond acceptors (Lipinski definition) is 3. The Kier molecular flexibility index (Phi) is 6.26. The third-order valence-electron chi connectivity index (χ3n) is 1.79. The number of ether oxygens (including phenoxy) is 2. The van der Waals surface area contributed by atoms with E-state index in [4.69, 9.17) is 20.6 Å². The van der Waals surface area contributed by atoms with Crippen molar-refractivity contribution in [2.75, 3.05) is 34.0 Å². The quantitative estimate of drug-likeness (QED) is 0.451. The van der Waals surface area contributed by atoms with Gasteiger partial charge in [0.2, 0.25) is 0 Å². The van der Waals surface area contributed by atoms with E-state index in [9.17, 15) is 0 Å². The molecule has 0 aliphatic carbocycles. The van der Waals surface area contributed by atoms with Crippen LogP contribution in [0, 0.1) is 5.41 Å². The van der Waals surface area contributed by atoms with Gasteiger partial charge < -0.3 is 20.1 Å². The molecule has 13 heavy (non-hydrogen) atoms. The van der Waals surface area contributed by atoms with E-state index in [-0.39, 0.29) is 12.0 Å². The van der Waals surface area contributed by atoms with E-state index in [1.807, 2.05) is 6.92 Å². The SMILES string of the molecule is COCCN(C(=N)N)C(C)COC. The summed E-state index contributed by atoms with van der Waals surface area (Å²) in [6.45, 7) is 3.70. The van der Waals surface area contributed by atoms with Gasteiger partial charge in [-0.25, -0.2) is 0 Å². The predicted octanol–water partition coefficient (Wildman–Crippen LogP) is -0.137. The largest absolute Gasteiger partial charge is 0.383 e. The molecule has 0 aromatic rings. The van der Waals surface area contributed by atoms with Crippen molar-refractivity contribution in [1.29, 1.82) is 5.41 Å². The molecular weight excluding hydrogens is 170 g/mol. The van der Waals surface area contributed by atoms with Crippen LogP contribution in [0.5, 0.6) is 0 Å². The summed E-state index contributed by atoms with van der Waals surface area (Å²) in [6, 6.07) is 0.109. The minimum absolute atomic E-state index is 0.0570. The lowest BCUT2D eigenvalue weighted by atomic mass is 10.3. The molecule has 0 spiro atoms. The average Bonchev–Trinajstić information content (AvgIpc) is 2.05. The van der Waals surface area contributed by atoms with Gasteiger partial charge in [-0.15, -0.1) is 0 Å². The van der Waals surface area contributed by atoms with Crippen LogP contribution < -0.4 is 5.73 Å². The molecule has 0 amide bonds. The average molecular weight is 189 g/mol. The van der Waals surface area contributed by atoms with E-state index in [2.05, 4.69) is 0 Å².